The number of carbonyl (C=O) groups is 1. The van der Waals surface area contributed by atoms with Gasteiger partial charge in [0.25, 0.3) is 15.9 Å². The highest BCUT2D eigenvalue weighted by Crippen LogP contribution is 2.29. The summed E-state index contributed by atoms with van der Waals surface area (Å²) in [5.41, 5.74) is 1.10. The molecule has 2 aromatic carbocycles. The molecule has 150 valence electrons. The summed E-state index contributed by atoms with van der Waals surface area (Å²) in [5.74, 6) is -0.621. The first-order valence-electron chi connectivity index (χ1n) is 8.03. The van der Waals surface area contributed by atoms with Crippen molar-refractivity contribution in [2.24, 2.45) is 4.99 Å². The average Bonchev–Trinajstić information content (AvgIpc) is 3.14. The summed E-state index contributed by atoms with van der Waals surface area (Å²) in [6, 6.07) is 9.21. The second-order valence-corrected chi connectivity index (χ2v) is 8.65. The van der Waals surface area contributed by atoms with Crippen LogP contribution in [0, 0.1) is 0 Å². The predicted octanol–water partition coefficient (Wildman–Crippen LogP) is 4.51. The number of nitrogens with one attached hydrogen (secondary N) is 1. The zero-order valence-corrected chi connectivity index (χ0v) is 17.9. The molecule has 0 spiro atoms. The van der Waals surface area contributed by atoms with Crippen LogP contribution in [0.5, 0.6) is 5.75 Å². The average molecular weight is 472 g/mol. The number of allylic oxidation sites excluding steroid dienone is 2. The van der Waals surface area contributed by atoms with Gasteiger partial charge < -0.3 is 4.74 Å². The van der Waals surface area contributed by atoms with Crippen LogP contribution in [-0.4, -0.2) is 27.6 Å². The Morgan fingerprint density at radius 1 is 1.14 bits per heavy atom. The van der Waals surface area contributed by atoms with Crippen LogP contribution < -0.4 is 9.46 Å². The number of ether oxygens (including phenoxy) is 1. The van der Waals surface area contributed by atoms with E-state index in [-0.39, 0.29) is 21.4 Å². The molecule has 2 aromatic rings. The molecule has 1 heterocycles. The zero-order valence-electron chi connectivity index (χ0n) is 14.8. The van der Waals surface area contributed by atoms with Crippen LogP contribution in [0.1, 0.15) is 5.56 Å². The van der Waals surface area contributed by atoms with Gasteiger partial charge in [-0.1, -0.05) is 46.9 Å². The normalized spacial score (nSPS) is 14.8. The number of halogens is 3. The third-order valence-electron chi connectivity index (χ3n) is 3.85. The minimum absolute atomic E-state index is 0.0498. The summed E-state index contributed by atoms with van der Waals surface area (Å²) in [6.45, 7) is 0. The third kappa shape index (κ3) is 4.82. The van der Waals surface area contributed by atoms with Gasteiger partial charge in [-0.2, -0.15) is 0 Å². The lowest BCUT2D eigenvalue weighted by atomic mass is 10.1. The molecule has 0 saturated heterocycles. The third-order valence-corrected chi connectivity index (χ3v) is 6.49. The summed E-state index contributed by atoms with van der Waals surface area (Å²) in [5, 5.41) is 0.696. The maximum atomic E-state index is 12.5. The smallest absolute Gasteiger partial charge is 0.283 e. The van der Waals surface area contributed by atoms with Crippen molar-refractivity contribution in [3.8, 4) is 5.75 Å². The van der Waals surface area contributed by atoms with Crippen LogP contribution in [0.2, 0.25) is 15.1 Å². The van der Waals surface area contributed by atoms with Crippen molar-refractivity contribution < 1.29 is 17.9 Å². The van der Waals surface area contributed by atoms with Crippen LogP contribution >= 0.6 is 34.8 Å². The Kier molecular flexibility index (Phi) is 6.33. The monoisotopic (exact) mass is 470 g/mol. The topological polar surface area (TPSA) is 84.8 Å². The van der Waals surface area contributed by atoms with Gasteiger partial charge in [0.2, 0.25) is 0 Å². The van der Waals surface area contributed by atoms with E-state index in [9.17, 15) is 13.2 Å². The first-order valence-corrected chi connectivity index (χ1v) is 10.6. The lowest BCUT2D eigenvalue weighted by Crippen LogP contribution is -2.31. The molecule has 0 saturated carbocycles. The summed E-state index contributed by atoms with van der Waals surface area (Å²) < 4.78 is 32.0. The largest absolute Gasteiger partial charge is 0.497 e. The predicted molar refractivity (Wildman–Crippen MR) is 114 cm³/mol. The Morgan fingerprint density at radius 2 is 1.90 bits per heavy atom. The van der Waals surface area contributed by atoms with Gasteiger partial charge in [-0.15, -0.1) is 0 Å². The fourth-order valence-electron chi connectivity index (χ4n) is 2.44. The molecule has 0 aliphatic carbocycles. The molecule has 0 unspecified atom stereocenters. The van der Waals surface area contributed by atoms with Crippen molar-refractivity contribution in [1.29, 1.82) is 0 Å². The van der Waals surface area contributed by atoms with E-state index in [0.29, 0.717) is 21.2 Å². The van der Waals surface area contributed by atoms with Crippen molar-refractivity contribution in [3.63, 3.8) is 0 Å². The quantitative estimate of drug-likeness (QED) is 0.695. The van der Waals surface area contributed by atoms with Gasteiger partial charge in [0.05, 0.1) is 22.2 Å². The number of nitrogens with zero attached hydrogens (tertiary/aromatic N) is 1. The first-order chi connectivity index (χ1) is 13.7. The molecule has 0 aromatic heterocycles. The maximum absolute atomic E-state index is 12.5. The molecule has 0 radical (unpaired) electrons. The van der Waals surface area contributed by atoms with E-state index in [4.69, 9.17) is 39.5 Å². The molecule has 3 rings (SSSR count). The Morgan fingerprint density at radius 3 is 2.62 bits per heavy atom. The number of rotatable bonds is 5. The second-order valence-electron chi connectivity index (χ2n) is 5.81. The molecule has 0 bridgehead atoms. The van der Waals surface area contributed by atoms with Crippen molar-refractivity contribution in [2.75, 3.05) is 7.11 Å². The number of aliphatic imine (C=N–C) groups is 1. The van der Waals surface area contributed by atoms with Gasteiger partial charge in [-0.3, -0.25) is 9.79 Å². The SMILES string of the molecule is COc1ccc(Cl)c(S(=O)(=O)NC(=O)C2=C/C(=C\c3cccc(Cl)c3Cl)C=N2)c1. The molecule has 29 heavy (non-hydrogen) atoms. The fraction of sp³-hybridized carbons (Fsp3) is 0.0526. The van der Waals surface area contributed by atoms with Gasteiger partial charge in [-0.05, 0) is 41.5 Å². The molecule has 6 nitrogen and oxygen atoms in total. The van der Waals surface area contributed by atoms with Gasteiger partial charge in [0.15, 0.2) is 0 Å². The van der Waals surface area contributed by atoms with E-state index in [2.05, 4.69) is 4.99 Å². The maximum Gasteiger partial charge on any atom is 0.283 e. The number of methoxy groups -OCH3 is 1. The van der Waals surface area contributed by atoms with Gasteiger partial charge in [0, 0.05) is 12.3 Å². The number of carbonyl (C=O) groups excluding carboxylic acids is 1. The summed E-state index contributed by atoms with van der Waals surface area (Å²) >= 11 is 18.1. The number of benzene rings is 2. The molecule has 1 aliphatic heterocycles. The van der Waals surface area contributed by atoms with E-state index in [1.807, 2.05) is 4.72 Å². The Hall–Kier alpha value is -2.32. The Bertz CT molecular complexity index is 1190. The van der Waals surface area contributed by atoms with Crippen LogP contribution in [0.4, 0.5) is 0 Å². The molecule has 1 amide bonds. The van der Waals surface area contributed by atoms with E-state index in [1.54, 1.807) is 24.3 Å². The minimum Gasteiger partial charge on any atom is -0.497 e. The van der Waals surface area contributed by atoms with E-state index >= 15 is 0 Å². The van der Waals surface area contributed by atoms with Gasteiger partial charge in [-0.25, -0.2) is 13.1 Å². The fourth-order valence-corrected chi connectivity index (χ4v) is 4.28. The lowest BCUT2D eigenvalue weighted by Gasteiger charge is -2.09. The van der Waals surface area contributed by atoms with Crippen LogP contribution in [0.3, 0.4) is 0 Å². The van der Waals surface area contributed by atoms with Gasteiger partial charge >= 0.3 is 0 Å². The number of hydrogen-bond acceptors (Lipinski definition) is 5. The van der Waals surface area contributed by atoms with Crippen molar-refractivity contribution in [2.45, 2.75) is 4.90 Å². The lowest BCUT2D eigenvalue weighted by molar-refractivity contribution is -0.115. The zero-order chi connectivity index (χ0) is 21.2. The van der Waals surface area contributed by atoms with Gasteiger partial charge in [0.1, 0.15) is 16.3 Å². The summed E-state index contributed by atoms with van der Waals surface area (Å²) in [7, 11) is -2.85. The molecule has 10 heteroatoms. The Labute approximate surface area is 182 Å². The number of hydrogen-bond donors (Lipinski definition) is 1. The highest BCUT2D eigenvalue weighted by Gasteiger charge is 2.24. The summed E-state index contributed by atoms with van der Waals surface area (Å²) in [4.78, 5) is 16.1. The number of sulfonamides is 1. The van der Waals surface area contributed by atoms with Crippen molar-refractivity contribution in [1.82, 2.24) is 4.72 Å². The van der Waals surface area contributed by atoms with E-state index in [1.165, 1.54) is 37.6 Å². The number of amides is 1. The second kappa shape index (κ2) is 8.59. The summed E-state index contributed by atoms with van der Waals surface area (Å²) in [6.07, 6.45) is 4.51. The highest BCUT2D eigenvalue weighted by atomic mass is 35.5. The minimum atomic E-state index is -4.23. The van der Waals surface area contributed by atoms with Crippen molar-refractivity contribution >= 4 is 63.0 Å². The molecule has 1 N–H and O–H groups in total. The molecule has 1 aliphatic rings. The van der Waals surface area contributed by atoms with Crippen LogP contribution in [0.25, 0.3) is 6.08 Å². The first kappa shape index (κ1) is 21.4. The highest BCUT2D eigenvalue weighted by molar-refractivity contribution is 7.90. The van der Waals surface area contributed by atoms with E-state index in [0.717, 1.165) is 0 Å². The van der Waals surface area contributed by atoms with Crippen molar-refractivity contribution in [3.05, 3.63) is 74.4 Å². The molecular weight excluding hydrogens is 459 g/mol. The standard InChI is InChI=1S/C19H13Cl3N2O4S/c1-28-13-5-6-14(20)17(9-13)29(26,27)24-19(25)16-8-11(10-23-16)7-12-3-2-4-15(21)18(12)22/h2-10H,1H3,(H,24,25)/b11-7+. The van der Waals surface area contributed by atoms with Crippen LogP contribution in [0.15, 0.2) is 63.6 Å². The molecule has 0 fully saturated rings. The van der Waals surface area contributed by atoms with E-state index < -0.39 is 15.9 Å². The Balaban J connectivity index is 1.83. The molecule has 0 atom stereocenters. The van der Waals surface area contributed by atoms with Crippen LogP contribution in [-0.2, 0) is 14.8 Å². The molecular formula is C19H13Cl3N2O4S.